The number of benzene rings is 3. The van der Waals surface area contributed by atoms with Crippen LogP contribution in [0.2, 0.25) is 0 Å². The van der Waals surface area contributed by atoms with Gasteiger partial charge in [0, 0.05) is 29.4 Å². The second kappa shape index (κ2) is 10.5. The molecule has 0 radical (unpaired) electrons. The predicted molar refractivity (Wildman–Crippen MR) is 144 cm³/mol. The molecule has 1 saturated carbocycles. The second-order valence-electron chi connectivity index (χ2n) is 9.37. The van der Waals surface area contributed by atoms with Gasteiger partial charge in [-0.15, -0.1) is 0 Å². The monoisotopic (exact) mass is 565 g/mol. The van der Waals surface area contributed by atoms with Crippen LogP contribution in [-0.4, -0.2) is 35.1 Å². The summed E-state index contributed by atoms with van der Waals surface area (Å²) in [4.78, 5) is 23.5. The van der Waals surface area contributed by atoms with E-state index in [1.165, 1.54) is 35.0 Å². The van der Waals surface area contributed by atoms with Gasteiger partial charge in [-0.1, -0.05) is 17.7 Å². The SMILES string of the molecule is Cc1ccc(-n2nc(C(=O)Nc3ccc(F)cc3)c(C)c2Oc2ccc([N+](=O)[O-])cc2S(=O)(=O)NC2CC2)cc1. The fourth-order valence-electron chi connectivity index (χ4n) is 3.89. The van der Waals surface area contributed by atoms with Crippen LogP contribution in [0.1, 0.15) is 34.5 Å². The Hall–Kier alpha value is -4.62. The molecule has 0 unspecified atom stereocenters. The summed E-state index contributed by atoms with van der Waals surface area (Å²) in [6.07, 6.45) is 1.33. The van der Waals surface area contributed by atoms with Gasteiger partial charge in [0.25, 0.3) is 11.6 Å². The van der Waals surface area contributed by atoms with Crippen molar-refractivity contribution in [3.63, 3.8) is 0 Å². The smallest absolute Gasteiger partial charge is 0.276 e. The fraction of sp³-hybridized carbons (Fsp3) is 0.185. The molecule has 5 rings (SSSR count). The Morgan fingerprint density at radius 3 is 2.38 bits per heavy atom. The Morgan fingerprint density at radius 1 is 1.07 bits per heavy atom. The highest BCUT2D eigenvalue weighted by atomic mass is 32.2. The van der Waals surface area contributed by atoms with Gasteiger partial charge in [-0.3, -0.25) is 14.9 Å². The average Bonchev–Trinajstić information content (AvgIpc) is 3.67. The van der Waals surface area contributed by atoms with Crippen LogP contribution in [0.15, 0.2) is 71.6 Å². The van der Waals surface area contributed by atoms with Gasteiger partial charge >= 0.3 is 0 Å². The van der Waals surface area contributed by atoms with Crippen LogP contribution in [-0.2, 0) is 10.0 Å². The predicted octanol–water partition coefficient (Wildman–Crippen LogP) is 5.02. The second-order valence-corrected chi connectivity index (χ2v) is 11.1. The van der Waals surface area contributed by atoms with E-state index in [0.29, 0.717) is 24.2 Å². The number of carbonyl (C=O) groups excluding carboxylic acids is 1. The molecule has 0 spiro atoms. The third kappa shape index (κ3) is 5.70. The molecule has 11 nitrogen and oxygen atoms in total. The van der Waals surface area contributed by atoms with Crippen LogP contribution in [0.25, 0.3) is 5.69 Å². The van der Waals surface area contributed by atoms with Crippen molar-refractivity contribution in [3.05, 3.63) is 99.5 Å². The first-order valence-corrected chi connectivity index (χ1v) is 13.7. The summed E-state index contributed by atoms with van der Waals surface area (Å²) in [6.45, 7) is 3.48. The topological polar surface area (TPSA) is 145 Å². The van der Waals surface area contributed by atoms with E-state index in [4.69, 9.17) is 4.74 Å². The molecule has 0 atom stereocenters. The van der Waals surface area contributed by atoms with Gasteiger partial charge in [0.1, 0.15) is 16.5 Å². The lowest BCUT2D eigenvalue weighted by Crippen LogP contribution is -2.26. The third-order valence-corrected chi connectivity index (χ3v) is 7.74. The fourth-order valence-corrected chi connectivity index (χ4v) is 5.35. The number of carbonyl (C=O) groups is 1. The number of nitrogens with one attached hydrogen (secondary N) is 2. The van der Waals surface area contributed by atoms with E-state index in [-0.39, 0.29) is 28.9 Å². The molecule has 1 aliphatic rings. The number of nitro benzene ring substituents is 1. The average molecular weight is 566 g/mol. The molecule has 0 aliphatic heterocycles. The summed E-state index contributed by atoms with van der Waals surface area (Å²) in [5.41, 5.74) is 1.66. The minimum absolute atomic E-state index is 0.0256. The molecule has 40 heavy (non-hydrogen) atoms. The van der Waals surface area contributed by atoms with Gasteiger partial charge in [0.2, 0.25) is 15.9 Å². The van der Waals surface area contributed by atoms with Crippen LogP contribution in [0.4, 0.5) is 15.8 Å². The number of hydrogen-bond acceptors (Lipinski definition) is 7. The molecule has 2 N–H and O–H groups in total. The maximum absolute atomic E-state index is 13.3. The zero-order valence-corrected chi connectivity index (χ0v) is 22.2. The Morgan fingerprint density at radius 2 is 1.75 bits per heavy atom. The molecule has 4 aromatic rings. The Kier molecular flexibility index (Phi) is 7.08. The lowest BCUT2D eigenvalue weighted by molar-refractivity contribution is -0.385. The number of non-ortho nitro benzene ring substituents is 1. The first-order valence-electron chi connectivity index (χ1n) is 12.2. The van der Waals surface area contributed by atoms with E-state index in [2.05, 4.69) is 15.1 Å². The van der Waals surface area contributed by atoms with E-state index < -0.39 is 37.3 Å². The summed E-state index contributed by atoms with van der Waals surface area (Å²) < 4.78 is 49.6. The molecule has 13 heteroatoms. The van der Waals surface area contributed by atoms with Crippen molar-refractivity contribution in [1.82, 2.24) is 14.5 Å². The van der Waals surface area contributed by atoms with Crippen molar-refractivity contribution in [2.45, 2.75) is 37.6 Å². The molecule has 0 saturated heterocycles. The van der Waals surface area contributed by atoms with Gasteiger partial charge in [0.05, 0.1) is 10.6 Å². The van der Waals surface area contributed by atoms with Gasteiger partial charge < -0.3 is 10.1 Å². The molecule has 0 bridgehead atoms. The van der Waals surface area contributed by atoms with Crippen LogP contribution in [0.3, 0.4) is 0 Å². The minimum Gasteiger partial charge on any atom is -0.437 e. The van der Waals surface area contributed by atoms with Crippen molar-refractivity contribution < 1.29 is 27.3 Å². The molecule has 1 heterocycles. The van der Waals surface area contributed by atoms with E-state index in [0.717, 1.165) is 17.7 Å². The Balaban J connectivity index is 1.60. The largest absolute Gasteiger partial charge is 0.437 e. The van der Waals surface area contributed by atoms with Crippen molar-refractivity contribution >= 4 is 27.3 Å². The summed E-state index contributed by atoms with van der Waals surface area (Å²) in [5.74, 6) is -1.21. The van der Waals surface area contributed by atoms with Crippen molar-refractivity contribution in [1.29, 1.82) is 0 Å². The van der Waals surface area contributed by atoms with Crippen molar-refractivity contribution in [2.75, 3.05) is 5.32 Å². The lowest BCUT2D eigenvalue weighted by atomic mass is 10.2. The lowest BCUT2D eigenvalue weighted by Gasteiger charge is -2.14. The normalized spacial score (nSPS) is 13.2. The minimum atomic E-state index is -4.17. The van der Waals surface area contributed by atoms with Gasteiger partial charge in [-0.25, -0.2) is 17.5 Å². The van der Waals surface area contributed by atoms with Crippen LogP contribution >= 0.6 is 0 Å². The number of nitro groups is 1. The number of ether oxygens (including phenoxy) is 1. The summed E-state index contributed by atoms with van der Waals surface area (Å²) in [6, 6.07) is 15.4. The van der Waals surface area contributed by atoms with Crippen molar-refractivity contribution in [2.24, 2.45) is 0 Å². The summed E-state index contributed by atoms with van der Waals surface area (Å²) >= 11 is 0. The van der Waals surface area contributed by atoms with Gasteiger partial charge in [-0.05, 0) is 69.2 Å². The molecule has 206 valence electrons. The Bertz CT molecular complexity index is 1720. The number of hydrogen-bond donors (Lipinski definition) is 2. The first kappa shape index (κ1) is 27.0. The van der Waals surface area contributed by atoms with Gasteiger partial charge in [-0.2, -0.15) is 9.78 Å². The van der Waals surface area contributed by atoms with E-state index in [1.54, 1.807) is 19.1 Å². The highest BCUT2D eigenvalue weighted by Gasteiger charge is 2.32. The highest BCUT2D eigenvalue weighted by molar-refractivity contribution is 7.89. The number of nitrogens with zero attached hydrogens (tertiary/aromatic N) is 3. The van der Waals surface area contributed by atoms with Crippen molar-refractivity contribution in [3.8, 4) is 17.3 Å². The number of aryl methyl sites for hydroxylation is 1. The molecule has 1 aromatic heterocycles. The standard InChI is InChI=1S/C27H24FN5O6S/c1-16-3-11-21(12-4-16)32-27(17(2)25(30-32)26(34)29-19-7-5-18(28)6-8-19)39-23-14-13-22(33(35)36)15-24(23)40(37,38)31-20-9-10-20/h3-8,11-15,20,31H,9-10H2,1-2H3,(H,29,34). The number of aromatic nitrogens is 2. The quantitative estimate of drug-likeness (QED) is 0.214. The zero-order valence-electron chi connectivity index (χ0n) is 21.4. The Labute approximate surface area is 228 Å². The van der Waals surface area contributed by atoms with E-state index in [1.807, 2.05) is 19.1 Å². The number of rotatable bonds is 9. The van der Waals surface area contributed by atoms with Crippen LogP contribution in [0.5, 0.6) is 11.6 Å². The highest BCUT2D eigenvalue weighted by Crippen LogP contribution is 2.36. The molecular formula is C27H24FN5O6S. The maximum atomic E-state index is 13.3. The third-order valence-electron chi connectivity index (χ3n) is 6.20. The molecule has 1 amide bonds. The maximum Gasteiger partial charge on any atom is 0.276 e. The van der Waals surface area contributed by atoms with Crippen LogP contribution < -0.4 is 14.8 Å². The van der Waals surface area contributed by atoms with Gasteiger partial charge in [0.15, 0.2) is 5.69 Å². The molecule has 1 fully saturated rings. The first-order chi connectivity index (χ1) is 19.0. The number of anilines is 1. The van der Waals surface area contributed by atoms with E-state index in [9.17, 15) is 27.7 Å². The van der Waals surface area contributed by atoms with Crippen LogP contribution in [0, 0.1) is 29.8 Å². The molecule has 3 aromatic carbocycles. The number of sulfonamides is 1. The van der Waals surface area contributed by atoms with E-state index >= 15 is 0 Å². The zero-order chi connectivity index (χ0) is 28.6. The summed E-state index contributed by atoms with van der Waals surface area (Å²) in [5, 5.41) is 18.5. The molecule has 1 aliphatic carbocycles. The summed E-state index contributed by atoms with van der Waals surface area (Å²) in [7, 11) is -4.17. The number of amides is 1. The molecular weight excluding hydrogens is 541 g/mol. The number of halogens is 1.